The number of piperazine rings is 1. The van der Waals surface area contributed by atoms with Crippen LogP contribution in [-0.4, -0.2) is 72.4 Å². The molecule has 0 N–H and O–H groups in total. The van der Waals surface area contributed by atoms with Crippen molar-refractivity contribution in [1.82, 2.24) is 14.9 Å². The Bertz CT molecular complexity index is 1320. The highest BCUT2D eigenvalue weighted by atomic mass is 16.7. The minimum absolute atomic E-state index is 0.0678. The number of nitrogens with zero attached hydrogens (tertiary/aromatic N) is 6. The van der Waals surface area contributed by atoms with Crippen LogP contribution in [0.5, 0.6) is 11.5 Å². The fourth-order valence-electron chi connectivity index (χ4n) is 4.79. The summed E-state index contributed by atoms with van der Waals surface area (Å²) < 4.78 is 15.7. The monoisotopic (exact) mass is 534 g/mol. The number of esters is 1. The van der Waals surface area contributed by atoms with Crippen LogP contribution in [0.25, 0.3) is 0 Å². The number of methoxy groups -OCH3 is 1. The molecule has 1 aromatic heterocycles. The Labute approximate surface area is 225 Å². The summed E-state index contributed by atoms with van der Waals surface area (Å²) in [6.07, 6.45) is 1.42. The fourth-order valence-corrected chi connectivity index (χ4v) is 4.79. The Balaban J connectivity index is 1.33. The lowest BCUT2D eigenvalue weighted by molar-refractivity contribution is -0.383. The molecule has 204 valence electrons. The SMILES string of the molecule is COC(=O)CCN(Cc1ccccc1)c1ncnc(N2CCN(Cc3ccc4c(c3)OCO4)CC2)c1[N+](=O)[O-]. The zero-order valence-corrected chi connectivity index (χ0v) is 21.7. The van der Waals surface area contributed by atoms with E-state index in [0.29, 0.717) is 32.7 Å². The quantitative estimate of drug-likeness (QED) is 0.217. The van der Waals surface area contributed by atoms with E-state index in [9.17, 15) is 14.9 Å². The number of hydrogen-bond acceptors (Lipinski definition) is 11. The minimum Gasteiger partial charge on any atom is -0.469 e. The Morgan fingerprint density at radius 3 is 2.56 bits per heavy atom. The molecule has 5 rings (SSSR count). The van der Waals surface area contributed by atoms with Crippen molar-refractivity contribution in [3.63, 3.8) is 0 Å². The van der Waals surface area contributed by atoms with Crippen LogP contribution in [0.2, 0.25) is 0 Å². The number of fused-ring (bicyclic) bond motifs is 1. The number of nitro groups is 1. The number of benzene rings is 2. The molecule has 0 unspecified atom stereocenters. The van der Waals surface area contributed by atoms with Crippen molar-refractivity contribution in [3.05, 3.63) is 76.1 Å². The van der Waals surface area contributed by atoms with Gasteiger partial charge >= 0.3 is 11.7 Å². The molecule has 12 nitrogen and oxygen atoms in total. The molecule has 39 heavy (non-hydrogen) atoms. The van der Waals surface area contributed by atoms with Crippen LogP contribution < -0.4 is 19.3 Å². The Morgan fingerprint density at radius 2 is 1.82 bits per heavy atom. The number of rotatable bonds is 10. The zero-order chi connectivity index (χ0) is 27.2. The number of carbonyl (C=O) groups excluding carboxylic acids is 1. The summed E-state index contributed by atoms with van der Waals surface area (Å²) in [5.74, 6) is 1.57. The largest absolute Gasteiger partial charge is 0.469 e. The van der Waals surface area contributed by atoms with E-state index in [1.165, 1.54) is 13.4 Å². The molecule has 0 spiro atoms. The van der Waals surface area contributed by atoms with E-state index in [1.54, 1.807) is 4.90 Å². The van der Waals surface area contributed by atoms with E-state index in [4.69, 9.17) is 14.2 Å². The lowest BCUT2D eigenvalue weighted by Crippen LogP contribution is -2.46. The van der Waals surface area contributed by atoms with Gasteiger partial charge in [0.25, 0.3) is 0 Å². The van der Waals surface area contributed by atoms with Gasteiger partial charge in [0.2, 0.25) is 18.4 Å². The number of carbonyl (C=O) groups is 1. The molecule has 12 heteroatoms. The maximum atomic E-state index is 12.4. The van der Waals surface area contributed by atoms with E-state index in [2.05, 4.69) is 14.9 Å². The molecule has 3 heterocycles. The van der Waals surface area contributed by atoms with Crippen molar-refractivity contribution in [2.45, 2.75) is 19.5 Å². The highest BCUT2D eigenvalue weighted by molar-refractivity contribution is 5.73. The molecule has 0 amide bonds. The van der Waals surface area contributed by atoms with Gasteiger partial charge in [-0.3, -0.25) is 19.8 Å². The van der Waals surface area contributed by atoms with E-state index in [0.717, 1.165) is 29.2 Å². The van der Waals surface area contributed by atoms with Gasteiger partial charge in [0.15, 0.2) is 11.5 Å². The van der Waals surface area contributed by atoms with Crippen LogP contribution >= 0.6 is 0 Å². The van der Waals surface area contributed by atoms with Gasteiger partial charge in [-0.05, 0) is 23.3 Å². The van der Waals surface area contributed by atoms with Gasteiger partial charge < -0.3 is 24.0 Å². The average molecular weight is 535 g/mol. The first-order valence-corrected chi connectivity index (χ1v) is 12.7. The van der Waals surface area contributed by atoms with Gasteiger partial charge in [0.05, 0.1) is 18.5 Å². The number of hydrogen-bond donors (Lipinski definition) is 0. The first kappa shape index (κ1) is 26.2. The first-order valence-electron chi connectivity index (χ1n) is 12.7. The highest BCUT2D eigenvalue weighted by Gasteiger charge is 2.32. The van der Waals surface area contributed by atoms with Gasteiger partial charge in [-0.15, -0.1) is 0 Å². The molecule has 0 saturated carbocycles. The number of aromatic nitrogens is 2. The third-order valence-electron chi connectivity index (χ3n) is 6.81. The Morgan fingerprint density at radius 1 is 1.05 bits per heavy atom. The van der Waals surface area contributed by atoms with E-state index in [1.807, 2.05) is 53.4 Å². The summed E-state index contributed by atoms with van der Waals surface area (Å²) in [5, 5.41) is 12.4. The standard InChI is InChI=1S/C27H30N6O6/c1-37-24(34)9-10-32(17-20-5-3-2-4-6-20)27-25(33(35)36)26(28-18-29-27)31-13-11-30(12-14-31)16-21-7-8-22-23(15-21)39-19-38-22/h2-8,15,18H,9-14,16-17,19H2,1H3. The van der Waals surface area contributed by atoms with Crippen molar-refractivity contribution >= 4 is 23.3 Å². The lowest BCUT2D eigenvalue weighted by Gasteiger charge is -2.35. The van der Waals surface area contributed by atoms with Crippen molar-refractivity contribution in [2.24, 2.45) is 0 Å². The molecule has 0 radical (unpaired) electrons. The summed E-state index contributed by atoms with van der Waals surface area (Å²) in [6.45, 7) is 4.09. The molecule has 1 fully saturated rings. The minimum atomic E-state index is -0.431. The smallest absolute Gasteiger partial charge is 0.353 e. The zero-order valence-electron chi connectivity index (χ0n) is 21.7. The molecule has 2 aliphatic rings. The third kappa shape index (κ3) is 6.17. The van der Waals surface area contributed by atoms with Crippen molar-refractivity contribution in [1.29, 1.82) is 0 Å². The predicted molar refractivity (Wildman–Crippen MR) is 143 cm³/mol. The molecule has 2 aliphatic heterocycles. The molecule has 0 bridgehead atoms. The summed E-state index contributed by atoms with van der Waals surface area (Å²) >= 11 is 0. The van der Waals surface area contributed by atoms with Gasteiger partial charge in [-0.2, -0.15) is 0 Å². The third-order valence-corrected chi connectivity index (χ3v) is 6.81. The number of anilines is 2. The summed E-state index contributed by atoms with van der Waals surface area (Å²) in [5.41, 5.74) is 1.89. The van der Waals surface area contributed by atoms with Crippen LogP contribution in [0.4, 0.5) is 17.3 Å². The summed E-state index contributed by atoms with van der Waals surface area (Å²) in [4.78, 5) is 38.5. The highest BCUT2D eigenvalue weighted by Crippen LogP contribution is 2.36. The topological polar surface area (TPSA) is 123 Å². The molecule has 0 aliphatic carbocycles. The van der Waals surface area contributed by atoms with E-state index >= 15 is 0 Å². The van der Waals surface area contributed by atoms with E-state index in [-0.39, 0.29) is 37.1 Å². The maximum absolute atomic E-state index is 12.4. The molecular formula is C27H30N6O6. The van der Waals surface area contributed by atoms with Crippen molar-refractivity contribution in [2.75, 3.05) is 56.4 Å². The second-order valence-electron chi connectivity index (χ2n) is 9.31. The lowest BCUT2D eigenvalue weighted by atomic mass is 10.1. The van der Waals surface area contributed by atoms with Crippen LogP contribution in [0.15, 0.2) is 54.9 Å². The summed E-state index contributed by atoms with van der Waals surface area (Å²) in [7, 11) is 1.32. The molecule has 1 saturated heterocycles. The van der Waals surface area contributed by atoms with Gasteiger partial charge in [-0.25, -0.2) is 9.97 Å². The normalized spacial score (nSPS) is 14.7. The van der Waals surface area contributed by atoms with Crippen LogP contribution in [0, 0.1) is 10.1 Å². The maximum Gasteiger partial charge on any atom is 0.353 e. The first-order chi connectivity index (χ1) is 19.0. The second-order valence-corrected chi connectivity index (χ2v) is 9.31. The van der Waals surface area contributed by atoms with Gasteiger partial charge in [0.1, 0.15) is 6.33 Å². The Hall–Kier alpha value is -4.45. The van der Waals surface area contributed by atoms with Crippen LogP contribution in [-0.2, 0) is 22.6 Å². The molecule has 0 atom stereocenters. The van der Waals surface area contributed by atoms with Crippen LogP contribution in [0.3, 0.4) is 0 Å². The van der Waals surface area contributed by atoms with Crippen molar-refractivity contribution in [3.8, 4) is 11.5 Å². The number of ether oxygens (including phenoxy) is 3. The molecule has 2 aromatic carbocycles. The average Bonchev–Trinajstić information content (AvgIpc) is 3.43. The van der Waals surface area contributed by atoms with E-state index < -0.39 is 10.9 Å². The fraction of sp³-hybridized carbons (Fsp3) is 0.370. The molecule has 3 aromatic rings. The summed E-state index contributed by atoms with van der Waals surface area (Å²) in [6, 6.07) is 15.5. The van der Waals surface area contributed by atoms with Crippen LogP contribution in [0.1, 0.15) is 17.5 Å². The predicted octanol–water partition coefficient (Wildman–Crippen LogP) is 3.01. The van der Waals surface area contributed by atoms with Crippen molar-refractivity contribution < 1.29 is 23.9 Å². The van der Waals surface area contributed by atoms with Gasteiger partial charge in [0, 0.05) is 45.8 Å². The Kier molecular flexibility index (Phi) is 8.02. The molecular weight excluding hydrogens is 504 g/mol. The second kappa shape index (κ2) is 11.9. The van der Waals surface area contributed by atoms with Gasteiger partial charge in [-0.1, -0.05) is 36.4 Å².